The zero-order valence-corrected chi connectivity index (χ0v) is 15.4. The van der Waals surface area contributed by atoms with E-state index in [2.05, 4.69) is 41.3 Å². The summed E-state index contributed by atoms with van der Waals surface area (Å²) < 4.78 is 13.8. The zero-order chi connectivity index (χ0) is 19.2. The van der Waals surface area contributed by atoms with Crippen molar-refractivity contribution >= 4 is 29.2 Å². The molecule has 0 heterocycles. The zero-order valence-electron chi connectivity index (χ0n) is 15.4. The average molecular weight is 365 g/mol. The van der Waals surface area contributed by atoms with Crippen LogP contribution < -0.4 is 4.90 Å². The third-order valence-electron chi connectivity index (χ3n) is 4.54. The summed E-state index contributed by atoms with van der Waals surface area (Å²) >= 11 is 0. The molecule has 0 radical (unpaired) electrons. The first-order valence-electron chi connectivity index (χ1n) is 9.24. The Morgan fingerprint density at radius 3 is 1.57 bits per heavy atom. The Hall–Kier alpha value is -3.65. The second kappa shape index (κ2) is 8.36. The van der Waals surface area contributed by atoms with Crippen LogP contribution in [0, 0.1) is 5.82 Å². The van der Waals surface area contributed by atoms with Crippen LogP contribution >= 0.6 is 0 Å². The first kappa shape index (κ1) is 17.7. The lowest BCUT2D eigenvalue weighted by Crippen LogP contribution is -2.09. The van der Waals surface area contributed by atoms with Gasteiger partial charge in [-0.3, -0.25) is 0 Å². The summed E-state index contributed by atoms with van der Waals surface area (Å²) in [6.07, 6.45) is 3.73. The lowest BCUT2D eigenvalue weighted by atomic mass is 10.1. The van der Waals surface area contributed by atoms with Crippen LogP contribution in [-0.2, 0) is 0 Å². The molecule has 136 valence electrons. The highest BCUT2D eigenvalue weighted by atomic mass is 19.1. The van der Waals surface area contributed by atoms with Crippen molar-refractivity contribution in [3.8, 4) is 0 Å². The van der Waals surface area contributed by atoms with E-state index in [1.54, 1.807) is 18.2 Å². The SMILES string of the molecule is Fc1ccccc1C=Cc1ccc(N(c2ccccc2)c2ccccc2)cc1. The predicted octanol–water partition coefficient (Wildman–Crippen LogP) is 7.47. The fraction of sp³-hybridized carbons (Fsp3) is 0. The molecular weight excluding hydrogens is 345 g/mol. The number of rotatable bonds is 5. The minimum Gasteiger partial charge on any atom is -0.311 e. The van der Waals surface area contributed by atoms with Gasteiger partial charge < -0.3 is 4.90 Å². The minimum atomic E-state index is -0.213. The Morgan fingerprint density at radius 1 is 0.500 bits per heavy atom. The molecule has 1 nitrogen and oxygen atoms in total. The van der Waals surface area contributed by atoms with E-state index in [-0.39, 0.29) is 5.82 Å². The number of para-hydroxylation sites is 2. The highest BCUT2D eigenvalue weighted by Crippen LogP contribution is 2.34. The van der Waals surface area contributed by atoms with Gasteiger partial charge in [-0.1, -0.05) is 78.9 Å². The van der Waals surface area contributed by atoms with Gasteiger partial charge in [0.1, 0.15) is 5.82 Å². The topological polar surface area (TPSA) is 3.24 Å². The van der Waals surface area contributed by atoms with Gasteiger partial charge in [0.2, 0.25) is 0 Å². The molecule has 0 bridgehead atoms. The first-order valence-corrected chi connectivity index (χ1v) is 9.24. The third kappa shape index (κ3) is 4.02. The molecule has 4 rings (SSSR count). The number of nitrogens with zero attached hydrogens (tertiary/aromatic N) is 1. The second-order valence-corrected chi connectivity index (χ2v) is 6.45. The molecule has 0 saturated carbocycles. The summed E-state index contributed by atoms with van der Waals surface area (Å²) in [5.41, 5.74) is 4.88. The molecule has 0 N–H and O–H groups in total. The van der Waals surface area contributed by atoms with Crippen LogP contribution in [0.2, 0.25) is 0 Å². The van der Waals surface area contributed by atoms with Crippen molar-refractivity contribution in [2.75, 3.05) is 4.90 Å². The highest BCUT2D eigenvalue weighted by Gasteiger charge is 2.11. The molecule has 0 spiro atoms. The maximum Gasteiger partial charge on any atom is 0.130 e. The second-order valence-electron chi connectivity index (χ2n) is 6.45. The van der Waals surface area contributed by atoms with E-state index >= 15 is 0 Å². The van der Waals surface area contributed by atoms with Gasteiger partial charge in [-0.05, 0) is 48.0 Å². The quantitative estimate of drug-likeness (QED) is 0.332. The molecule has 4 aromatic rings. The van der Waals surface area contributed by atoms with Crippen molar-refractivity contribution in [1.82, 2.24) is 0 Å². The van der Waals surface area contributed by atoms with Crippen LogP contribution in [0.1, 0.15) is 11.1 Å². The molecular formula is C26H20FN. The Labute approximate surface area is 165 Å². The molecule has 0 aromatic heterocycles. The summed E-state index contributed by atoms with van der Waals surface area (Å²) in [4.78, 5) is 2.21. The van der Waals surface area contributed by atoms with Crippen LogP contribution in [0.15, 0.2) is 109 Å². The average Bonchev–Trinajstić information content (AvgIpc) is 2.76. The van der Waals surface area contributed by atoms with E-state index in [1.807, 2.05) is 60.7 Å². The van der Waals surface area contributed by atoms with Crippen LogP contribution in [-0.4, -0.2) is 0 Å². The van der Waals surface area contributed by atoms with Crippen molar-refractivity contribution in [2.45, 2.75) is 0 Å². The monoisotopic (exact) mass is 365 g/mol. The van der Waals surface area contributed by atoms with E-state index < -0.39 is 0 Å². The van der Waals surface area contributed by atoms with Gasteiger partial charge in [0.15, 0.2) is 0 Å². The third-order valence-corrected chi connectivity index (χ3v) is 4.54. The lowest BCUT2D eigenvalue weighted by Gasteiger charge is -2.25. The molecule has 28 heavy (non-hydrogen) atoms. The number of hydrogen-bond donors (Lipinski definition) is 0. The van der Waals surface area contributed by atoms with Crippen molar-refractivity contribution in [3.63, 3.8) is 0 Å². The van der Waals surface area contributed by atoms with E-state index in [0.29, 0.717) is 5.56 Å². The summed E-state index contributed by atoms with van der Waals surface area (Å²) in [7, 11) is 0. The van der Waals surface area contributed by atoms with Crippen LogP contribution in [0.25, 0.3) is 12.2 Å². The van der Waals surface area contributed by atoms with Crippen molar-refractivity contribution in [3.05, 3.63) is 126 Å². The maximum atomic E-state index is 13.8. The molecule has 0 aliphatic carbocycles. The van der Waals surface area contributed by atoms with E-state index in [9.17, 15) is 4.39 Å². The fourth-order valence-corrected chi connectivity index (χ4v) is 3.13. The smallest absolute Gasteiger partial charge is 0.130 e. The molecule has 2 heteroatoms. The van der Waals surface area contributed by atoms with E-state index in [0.717, 1.165) is 22.6 Å². The molecule has 0 aliphatic rings. The van der Waals surface area contributed by atoms with Crippen LogP contribution in [0.5, 0.6) is 0 Å². The van der Waals surface area contributed by atoms with Gasteiger partial charge in [0.05, 0.1) is 0 Å². The van der Waals surface area contributed by atoms with E-state index in [1.165, 1.54) is 6.07 Å². The Morgan fingerprint density at radius 2 is 1.00 bits per heavy atom. The molecule has 0 unspecified atom stereocenters. The molecule has 0 saturated heterocycles. The lowest BCUT2D eigenvalue weighted by molar-refractivity contribution is 0.625. The summed E-state index contributed by atoms with van der Waals surface area (Å²) in [5, 5.41) is 0. The number of benzene rings is 4. The Balaban J connectivity index is 1.64. The standard InChI is InChI=1S/C26H20FN/c27-26-14-8-7-9-22(26)18-15-21-16-19-25(20-17-21)28(23-10-3-1-4-11-23)24-12-5-2-6-13-24/h1-20H. The Bertz CT molecular complexity index is 1010. The normalized spacial score (nSPS) is 10.9. The molecule has 0 amide bonds. The van der Waals surface area contributed by atoms with Gasteiger partial charge in [-0.15, -0.1) is 0 Å². The van der Waals surface area contributed by atoms with Gasteiger partial charge in [-0.25, -0.2) is 4.39 Å². The number of halogens is 1. The maximum absolute atomic E-state index is 13.8. The van der Waals surface area contributed by atoms with E-state index in [4.69, 9.17) is 0 Å². The largest absolute Gasteiger partial charge is 0.311 e. The molecule has 4 aromatic carbocycles. The minimum absolute atomic E-state index is 0.213. The Kier molecular flexibility index (Phi) is 5.30. The van der Waals surface area contributed by atoms with Gasteiger partial charge in [0.25, 0.3) is 0 Å². The van der Waals surface area contributed by atoms with Crippen LogP contribution in [0.4, 0.5) is 21.5 Å². The van der Waals surface area contributed by atoms with Gasteiger partial charge in [0, 0.05) is 22.6 Å². The molecule has 0 fully saturated rings. The summed E-state index contributed by atoms with van der Waals surface area (Å²) in [6, 6.07) is 35.6. The van der Waals surface area contributed by atoms with Crippen molar-refractivity contribution < 1.29 is 4.39 Å². The predicted molar refractivity (Wildman–Crippen MR) is 116 cm³/mol. The molecule has 0 atom stereocenters. The fourth-order valence-electron chi connectivity index (χ4n) is 3.13. The van der Waals surface area contributed by atoms with Crippen LogP contribution in [0.3, 0.4) is 0 Å². The van der Waals surface area contributed by atoms with Crippen molar-refractivity contribution in [2.24, 2.45) is 0 Å². The number of hydrogen-bond acceptors (Lipinski definition) is 1. The first-order chi connectivity index (χ1) is 13.8. The summed E-state index contributed by atoms with van der Waals surface area (Å²) in [6.45, 7) is 0. The van der Waals surface area contributed by atoms with Gasteiger partial charge >= 0.3 is 0 Å². The summed E-state index contributed by atoms with van der Waals surface area (Å²) in [5.74, 6) is -0.213. The highest BCUT2D eigenvalue weighted by molar-refractivity contribution is 5.78. The van der Waals surface area contributed by atoms with Crippen molar-refractivity contribution in [1.29, 1.82) is 0 Å². The van der Waals surface area contributed by atoms with Gasteiger partial charge in [-0.2, -0.15) is 0 Å². The molecule has 0 aliphatic heterocycles. The number of anilines is 3.